The minimum Gasteiger partial charge on any atom is -0.479 e. The SMILES string of the molecule is Cc1csc(C(=O)c2ccc3c(c2)NC(=O)C(C)O3)c1Cl. The van der Waals surface area contributed by atoms with E-state index in [9.17, 15) is 9.59 Å². The molecule has 4 nitrogen and oxygen atoms in total. The zero-order valence-electron chi connectivity index (χ0n) is 11.4. The summed E-state index contributed by atoms with van der Waals surface area (Å²) in [5, 5.41) is 5.06. The standard InChI is InChI=1S/C15H12ClNO3S/c1-7-6-21-14(12(7)16)13(18)9-3-4-11-10(5-9)17-15(19)8(2)20-11/h3-6,8H,1-2H3,(H,17,19). The van der Waals surface area contributed by atoms with Gasteiger partial charge in [-0.2, -0.15) is 0 Å². The van der Waals surface area contributed by atoms with Crippen molar-refractivity contribution < 1.29 is 14.3 Å². The van der Waals surface area contributed by atoms with Crippen LogP contribution in [0.1, 0.15) is 27.7 Å². The number of fused-ring (bicyclic) bond motifs is 1. The zero-order chi connectivity index (χ0) is 15.1. The minimum atomic E-state index is -0.534. The van der Waals surface area contributed by atoms with Crippen LogP contribution in [0.2, 0.25) is 5.02 Å². The molecule has 0 saturated heterocycles. The summed E-state index contributed by atoms with van der Waals surface area (Å²) in [4.78, 5) is 24.6. The first-order chi connectivity index (χ1) is 9.97. The first-order valence-electron chi connectivity index (χ1n) is 6.37. The average molecular weight is 322 g/mol. The lowest BCUT2D eigenvalue weighted by Crippen LogP contribution is -2.34. The van der Waals surface area contributed by atoms with Crippen molar-refractivity contribution in [2.75, 3.05) is 5.32 Å². The predicted molar refractivity (Wildman–Crippen MR) is 82.7 cm³/mol. The summed E-state index contributed by atoms with van der Waals surface area (Å²) < 4.78 is 5.47. The highest BCUT2D eigenvalue weighted by atomic mass is 35.5. The Hall–Kier alpha value is -1.85. The van der Waals surface area contributed by atoms with Crippen LogP contribution in [0, 0.1) is 6.92 Å². The summed E-state index contributed by atoms with van der Waals surface area (Å²) in [6.45, 7) is 3.53. The molecule has 1 atom stereocenters. The molecule has 1 aromatic heterocycles. The summed E-state index contributed by atoms with van der Waals surface area (Å²) in [5.41, 5.74) is 1.86. The molecule has 0 radical (unpaired) electrons. The highest BCUT2D eigenvalue weighted by molar-refractivity contribution is 7.13. The number of benzene rings is 1. The van der Waals surface area contributed by atoms with Crippen molar-refractivity contribution in [2.24, 2.45) is 0 Å². The molecule has 0 bridgehead atoms. The number of rotatable bonds is 2. The van der Waals surface area contributed by atoms with Crippen molar-refractivity contribution in [1.29, 1.82) is 0 Å². The Morgan fingerprint density at radius 2 is 2.19 bits per heavy atom. The van der Waals surface area contributed by atoms with Crippen LogP contribution in [0.5, 0.6) is 5.75 Å². The number of hydrogen-bond acceptors (Lipinski definition) is 4. The minimum absolute atomic E-state index is 0.159. The topological polar surface area (TPSA) is 55.4 Å². The fourth-order valence-electron chi connectivity index (χ4n) is 2.06. The van der Waals surface area contributed by atoms with Crippen molar-refractivity contribution in [3.63, 3.8) is 0 Å². The van der Waals surface area contributed by atoms with Gasteiger partial charge in [0.15, 0.2) is 6.10 Å². The van der Waals surface area contributed by atoms with Crippen LogP contribution < -0.4 is 10.1 Å². The highest BCUT2D eigenvalue weighted by Gasteiger charge is 2.25. The van der Waals surface area contributed by atoms with E-state index >= 15 is 0 Å². The van der Waals surface area contributed by atoms with Crippen molar-refractivity contribution in [2.45, 2.75) is 20.0 Å². The maximum absolute atomic E-state index is 12.5. The number of halogens is 1. The normalized spacial score (nSPS) is 16.9. The van der Waals surface area contributed by atoms with Gasteiger partial charge in [-0.3, -0.25) is 9.59 Å². The van der Waals surface area contributed by atoms with Gasteiger partial charge >= 0.3 is 0 Å². The third kappa shape index (κ3) is 2.43. The van der Waals surface area contributed by atoms with Gasteiger partial charge < -0.3 is 10.1 Å². The number of aryl methyl sites for hydroxylation is 1. The fourth-order valence-corrected chi connectivity index (χ4v) is 3.30. The Kier molecular flexibility index (Phi) is 3.47. The maximum Gasteiger partial charge on any atom is 0.265 e. The largest absolute Gasteiger partial charge is 0.479 e. The second-order valence-corrected chi connectivity index (χ2v) is 6.11. The van der Waals surface area contributed by atoms with Crippen molar-refractivity contribution in [3.8, 4) is 5.75 Å². The molecular formula is C15H12ClNO3S. The number of nitrogens with one attached hydrogen (secondary N) is 1. The molecule has 2 heterocycles. The van der Waals surface area contributed by atoms with Gasteiger partial charge in [-0.05, 0) is 43.0 Å². The summed E-state index contributed by atoms with van der Waals surface area (Å²) in [5.74, 6) is 0.179. The van der Waals surface area contributed by atoms with Crippen LogP contribution >= 0.6 is 22.9 Å². The molecule has 108 valence electrons. The Morgan fingerprint density at radius 3 is 2.86 bits per heavy atom. The Labute approximate surface area is 130 Å². The lowest BCUT2D eigenvalue weighted by molar-refractivity contribution is -0.122. The molecule has 0 spiro atoms. The molecule has 1 aliphatic heterocycles. The van der Waals surface area contributed by atoms with Crippen LogP contribution in [0.25, 0.3) is 0 Å². The van der Waals surface area contributed by atoms with Crippen LogP contribution in [-0.4, -0.2) is 17.8 Å². The van der Waals surface area contributed by atoms with Gasteiger partial charge in [0, 0.05) is 5.56 Å². The van der Waals surface area contributed by atoms with Gasteiger partial charge in [0.2, 0.25) is 5.78 Å². The Morgan fingerprint density at radius 1 is 1.43 bits per heavy atom. The van der Waals surface area contributed by atoms with Crippen LogP contribution in [0.4, 0.5) is 5.69 Å². The quantitative estimate of drug-likeness (QED) is 0.859. The molecule has 1 unspecified atom stereocenters. The molecular weight excluding hydrogens is 310 g/mol. The van der Waals surface area contributed by atoms with E-state index in [1.807, 2.05) is 12.3 Å². The van der Waals surface area contributed by atoms with Gasteiger partial charge in [-0.25, -0.2) is 0 Å². The monoisotopic (exact) mass is 321 g/mol. The molecule has 2 aromatic rings. The molecule has 1 aliphatic rings. The van der Waals surface area contributed by atoms with Gasteiger partial charge in [0.1, 0.15) is 5.75 Å². The number of amides is 1. The van der Waals surface area contributed by atoms with E-state index < -0.39 is 6.10 Å². The first-order valence-corrected chi connectivity index (χ1v) is 7.63. The van der Waals surface area contributed by atoms with E-state index in [0.29, 0.717) is 26.9 Å². The summed E-state index contributed by atoms with van der Waals surface area (Å²) >= 11 is 7.45. The van der Waals surface area contributed by atoms with Crippen molar-refractivity contribution >= 4 is 40.3 Å². The molecule has 0 fully saturated rings. The third-order valence-corrected chi connectivity index (χ3v) is 4.97. The summed E-state index contributed by atoms with van der Waals surface area (Å²) in [7, 11) is 0. The van der Waals surface area contributed by atoms with E-state index in [-0.39, 0.29) is 11.7 Å². The Balaban J connectivity index is 1.98. The van der Waals surface area contributed by atoms with Crippen molar-refractivity contribution in [1.82, 2.24) is 0 Å². The van der Waals surface area contributed by atoms with E-state index in [2.05, 4.69) is 5.32 Å². The number of ketones is 1. The number of hydrogen-bond donors (Lipinski definition) is 1. The summed E-state index contributed by atoms with van der Waals surface area (Å²) in [6, 6.07) is 4.98. The van der Waals surface area contributed by atoms with Crippen LogP contribution in [-0.2, 0) is 4.79 Å². The first kappa shape index (κ1) is 14.1. The number of carbonyl (C=O) groups is 2. The number of ether oxygens (including phenoxy) is 1. The predicted octanol–water partition coefficient (Wildman–Crippen LogP) is 3.66. The van der Waals surface area contributed by atoms with Gasteiger partial charge in [0.05, 0.1) is 15.6 Å². The number of thiophene rings is 1. The summed E-state index contributed by atoms with van der Waals surface area (Å²) in [6.07, 6.45) is -0.534. The lowest BCUT2D eigenvalue weighted by Gasteiger charge is -2.23. The maximum atomic E-state index is 12.5. The molecule has 3 rings (SSSR count). The lowest BCUT2D eigenvalue weighted by atomic mass is 10.1. The van der Waals surface area contributed by atoms with Crippen LogP contribution in [0.15, 0.2) is 23.6 Å². The highest BCUT2D eigenvalue weighted by Crippen LogP contribution is 2.33. The molecule has 21 heavy (non-hydrogen) atoms. The zero-order valence-corrected chi connectivity index (χ0v) is 13.0. The molecule has 6 heteroatoms. The van der Waals surface area contributed by atoms with Gasteiger partial charge in [-0.1, -0.05) is 11.6 Å². The Bertz CT molecular complexity index is 753. The van der Waals surface area contributed by atoms with Gasteiger partial charge in [0.25, 0.3) is 5.91 Å². The second kappa shape index (κ2) is 5.16. The molecule has 1 amide bonds. The van der Waals surface area contributed by atoms with E-state index in [1.165, 1.54) is 11.3 Å². The molecule has 1 N–H and O–H groups in total. The number of anilines is 1. The number of carbonyl (C=O) groups excluding carboxylic acids is 2. The second-order valence-electron chi connectivity index (χ2n) is 4.85. The van der Waals surface area contributed by atoms with Gasteiger partial charge in [-0.15, -0.1) is 11.3 Å². The average Bonchev–Trinajstić information content (AvgIpc) is 2.79. The molecule has 1 aromatic carbocycles. The molecule has 0 aliphatic carbocycles. The van der Waals surface area contributed by atoms with E-state index in [4.69, 9.17) is 16.3 Å². The van der Waals surface area contributed by atoms with Crippen LogP contribution in [0.3, 0.4) is 0 Å². The third-order valence-electron chi connectivity index (χ3n) is 3.28. The smallest absolute Gasteiger partial charge is 0.265 e. The molecule has 0 saturated carbocycles. The van der Waals surface area contributed by atoms with E-state index in [1.54, 1.807) is 25.1 Å². The fraction of sp³-hybridized carbons (Fsp3) is 0.200. The van der Waals surface area contributed by atoms with E-state index in [0.717, 1.165) is 5.56 Å². The van der Waals surface area contributed by atoms with Crippen molar-refractivity contribution in [3.05, 3.63) is 44.6 Å².